The number of carbonyl (C=O) groups is 3. The summed E-state index contributed by atoms with van der Waals surface area (Å²) in [5.41, 5.74) is 6.79. The molecule has 1 saturated carbocycles. The van der Waals surface area contributed by atoms with E-state index in [2.05, 4.69) is 16.2 Å². The molecule has 1 aliphatic rings. The molecule has 1 fully saturated rings. The van der Waals surface area contributed by atoms with E-state index in [0.29, 0.717) is 17.0 Å². The lowest BCUT2D eigenvalue weighted by atomic mass is 10.2. The van der Waals surface area contributed by atoms with E-state index < -0.39 is 17.9 Å². The van der Waals surface area contributed by atoms with Crippen LogP contribution in [0.3, 0.4) is 0 Å². The molecule has 0 saturated heterocycles. The minimum atomic E-state index is -0.775. The van der Waals surface area contributed by atoms with E-state index in [9.17, 15) is 14.4 Å². The average molecular weight is 381 g/mol. The lowest BCUT2D eigenvalue weighted by Crippen LogP contribution is -2.47. The maximum atomic E-state index is 12.2. The Morgan fingerprint density at radius 3 is 2.21 bits per heavy atom. The van der Waals surface area contributed by atoms with Crippen LogP contribution in [-0.2, 0) is 9.59 Å². The van der Waals surface area contributed by atoms with Crippen LogP contribution in [0.15, 0.2) is 48.5 Å². The molecule has 28 heavy (non-hydrogen) atoms. The van der Waals surface area contributed by atoms with Crippen LogP contribution in [0, 0.1) is 12.8 Å². The monoisotopic (exact) mass is 381 g/mol. The normalized spacial score (nSPS) is 13.9. The smallest absolute Gasteiger partial charge is 0.279 e. The van der Waals surface area contributed by atoms with Gasteiger partial charge in [-0.25, -0.2) is 0 Å². The van der Waals surface area contributed by atoms with Crippen LogP contribution in [-0.4, -0.2) is 23.8 Å². The minimum absolute atomic E-state index is 0.00651. The van der Waals surface area contributed by atoms with Crippen molar-refractivity contribution in [1.29, 1.82) is 0 Å². The molecule has 2 aromatic rings. The molecule has 3 N–H and O–H groups in total. The molecular formula is C21H23N3O4. The number of amides is 3. The van der Waals surface area contributed by atoms with Gasteiger partial charge in [0.15, 0.2) is 6.10 Å². The number of nitrogens with one attached hydrogen (secondary N) is 3. The molecule has 0 aliphatic heterocycles. The molecule has 3 rings (SSSR count). The molecule has 1 aliphatic carbocycles. The van der Waals surface area contributed by atoms with Crippen LogP contribution in [0.2, 0.25) is 0 Å². The number of rotatable bonds is 6. The van der Waals surface area contributed by atoms with E-state index in [1.54, 1.807) is 43.3 Å². The maximum absolute atomic E-state index is 12.2. The van der Waals surface area contributed by atoms with Gasteiger partial charge in [-0.3, -0.25) is 25.2 Å². The second-order valence-corrected chi connectivity index (χ2v) is 6.86. The fraction of sp³-hybridized carbons (Fsp3) is 0.286. The van der Waals surface area contributed by atoms with Crippen LogP contribution in [0.1, 0.15) is 35.7 Å². The maximum Gasteiger partial charge on any atom is 0.279 e. The molecule has 7 nitrogen and oxygen atoms in total. The molecule has 1 unspecified atom stereocenters. The van der Waals surface area contributed by atoms with Crippen molar-refractivity contribution in [3.8, 4) is 5.75 Å². The molecule has 0 bridgehead atoms. The molecule has 146 valence electrons. The van der Waals surface area contributed by atoms with Gasteiger partial charge in [-0.2, -0.15) is 0 Å². The Bertz CT molecular complexity index is 858. The largest absolute Gasteiger partial charge is 0.481 e. The van der Waals surface area contributed by atoms with Crippen LogP contribution in [0.5, 0.6) is 5.75 Å². The summed E-state index contributed by atoms with van der Waals surface area (Å²) in [4.78, 5) is 36.0. The third kappa shape index (κ3) is 5.33. The zero-order valence-corrected chi connectivity index (χ0v) is 15.8. The first-order chi connectivity index (χ1) is 13.4. The highest BCUT2D eigenvalue weighted by Gasteiger charge is 2.29. The van der Waals surface area contributed by atoms with Gasteiger partial charge in [0.2, 0.25) is 5.91 Å². The number of carbonyl (C=O) groups excluding carboxylic acids is 3. The van der Waals surface area contributed by atoms with Crippen molar-refractivity contribution in [3.05, 3.63) is 59.7 Å². The molecule has 0 radical (unpaired) electrons. The number of anilines is 1. The van der Waals surface area contributed by atoms with E-state index in [1.807, 2.05) is 19.1 Å². The van der Waals surface area contributed by atoms with Gasteiger partial charge in [-0.15, -0.1) is 0 Å². The summed E-state index contributed by atoms with van der Waals surface area (Å²) in [6.07, 6.45) is 1.08. The Labute approximate surface area is 163 Å². The second kappa shape index (κ2) is 8.56. The van der Waals surface area contributed by atoms with Gasteiger partial charge in [-0.05, 0) is 63.1 Å². The van der Waals surface area contributed by atoms with Crippen molar-refractivity contribution in [2.75, 3.05) is 5.32 Å². The number of hydrazine groups is 1. The first-order valence-corrected chi connectivity index (χ1v) is 9.17. The van der Waals surface area contributed by atoms with E-state index >= 15 is 0 Å². The fourth-order valence-corrected chi connectivity index (χ4v) is 2.46. The summed E-state index contributed by atoms with van der Waals surface area (Å²) in [5, 5.41) is 2.80. The Morgan fingerprint density at radius 2 is 1.61 bits per heavy atom. The van der Waals surface area contributed by atoms with Gasteiger partial charge in [0.1, 0.15) is 5.75 Å². The van der Waals surface area contributed by atoms with Crippen molar-refractivity contribution in [2.45, 2.75) is 32.8 Å². The van der Waals surface area contributed by atoms with Crippen molar-refractivity contribution >= 4 is 23.4 Å². The third-order valence-electron chi connectivity index (χ3n) is 4.37. The minimum Gasteiger partial charge on any atom is -0.481 e. The topological polar surface area (TPSA) is 96.5 Å². The SMILES string of the molecule is Cc1ccc(OC(C)C(=O)NNC(=O)c2ccc(NC(=O)C3CC3)cc2)cc1. The highest BCUT2D eigenvalue weighted by Crippen LogP contribution is 2.30. The van der Waals surface area contributed by atoms with Crippen LogP contribution in [0.25, 0.3) is 0 Å². The summed E-state index contributed by atoms with van der Waals surface area (Å²) in [5.74, 6) is -0.240. The molecule has 0 heterocycles. The Balaban J connectivity index is 1.46. The first-order valence-electron chi connectivity index (χ1n) is 9.17. The highest BCUT2D eigenvalue weighted by molar-refractivity contribution is 5.97. The number of hydrogen-bond donors (Lipinski definition) is 3. The molecule has 0 spiro atoms. The van der Waals surface area contributed by atoms with Crippen molar-refractivity contribution in [2.24, 2.45) is 5.92 Å². The van der Waals surface area contributed by atoms with E-state index in [1.165, 1.54) is 0 Å². The first kappa shape index (κ1) is 19.4. The Kier molecular flexibility index (Phi) is 5.93. The molecule has 7 heteroatoms. The summed E-state index contributed by atoms with van der Waals surface area (Å²) in [7, 11) is 0. The quantitative estimate of drug-likeness (QED) is 0.670. The van der Waals surface area contributed by atoms with Crippen LogP contribution < -0.4 is 20.9 Å². The zero-order chi connectivity index (χ0) is 20.1. The predicted molar refractivity (Wildman–Crippen MR) is 105 cm³/mol. The third-order valence-corrected chi connectivity index (χ3v) is 4.37. The number of aryl methyl sites for hydroxylation is 1. The summed E-state index contributed by atoms with van der Waals surface area (Å²) in [6, 6.07) is 13.8. The number of hydrogen-bond acceptors (Lipinski definition) is 4. The summed E-state index contributed by atoms with van der Waals surface area (Å²) < 4.78 is 5.54. The lowest BCUT2D eigenvalue weighted by molar-refractivity contribution is -0.128. The number of ether oxygens (including phenoxy) is 1. The Morgan fingerprint density at radius 1 is 0.964 bits per heavy atom. The fourth-order valence-electron chi connectivity index (χ4n) is 2.46. The zero-order valence-electron chi connectivity index (χ0n) is 15.8. The van der Waals surface area contributed by atoms with Crippen molar-refractivity contribution in [3.63, 3.8) is 0 Å². The van der Waals surface area contributed by atoms with E-state index in [-0.39, 0.29) is 11.8 Å². The Hall–Kier alpha value is -3.35. The predicted octanol–water partition coefficient (Wildman–Crippen LogP) is 2.57. The van der Waals surface area contributed by atoms with E-state index in [0.717, 1.165) is 18.4 Å². The van der Waals surface area contributed by atoms with Crippen LogP contribution in [0.4, 0.5) is 5.69 Å². The van der Waals surface area contributed by atoms with E-state index in [4.69, 9.17) is 4.74 Å². The molecule has 0 aromatic heterocycles. The molecule has 3 amide bonds. The average Bonchev–Trinajstić information content (AvgIpc) is 3.53. The molecule has 2 aromatic carbocycles. The molecule has 1 atom stereocenters. The molecular weight excluding hydrogens is 358 g/mol. The van der Waals surface area contributed by atoms with Gasteiger partial charge in [0, 0.05) is 17.2 Å². The van der Waals surface area contributed by atoms with Gasteiger partial charge in [0.25, 0.3) is 11.8 Å². The van der Waals surface area contributed by atoms with Gasteiger partial charge in [-0.1, -0.05) is 17.7 Å². The van der Waals surface area contributed by atoms with Gasteiger partial charge < -0.3 is 10.1 Å². The second-order valence-electron chi connectivity index (χ2n) is 6.86. The summed E-state index contributed by atoms with van der Waals surface area (Å²) >= 11 is 0. The lowest BCUT2D eigenvalue weighted by Gasteiger charge is -2.15. The number of benzene rings is 2. The van der Waals surface area contributed by atoms with Crippen molar-refractivity contribution < 1.29 is 19.1 Å². The highest BCUT2D eigenvalue weighted by atomic mass is 16.5. The summed E-state index contributed by atoms with van der Waals surface area (Å²) in [6.45, 7) is 3.56. The standard InChI is InChI=1S/C21H23N3O4/c1-13-3-11-18(12-4-13)28-14(2)19(25)23-24-21(27)16-7-9-17(10-8-16)22-20(26)15-5-6-15/h3-4,7-12,14-15H,5-6H2,1-2H3,(H,22,26)(H,23,25)(H,24,27). The van der Waals surface area contributed by atoms with Gasteiger partial charge in [0.05, 0.1) is 0 Å². The van der Waals surface area contributed by atoms with Gasteiger partial charge >= 0.3 is 0 Å². The van der Waals surface area contributed by atoms with Crippen molar-refractivity contribution in [1.82, 2.24) is 10.9 Å². The van der Waals surface area contributed by atoms with Crippen LogP contribution >= 0.6 is 0 Å².